The minimum atomic E-state index is -0.478. The molecule has 0 bridgehead atoms. The Morgan fingerprint density at radius 2 is 1.73 bits per heavy atom. The van der Waals surface area contributed by atoms with Gasteiger partial charge in [-0.3, -0.25) is 14.5 Å². The van der Waals surface area contributed by atoms with Crippen molar-refractivity contribution in [3.8, 4) is 17.5 Å². The monoisotopic (exact) mass is 601 g/mol. The van der Waals surface area contributed by atoms with Crippen LogP contribution in [0, 0.1) is 23.7 Å². The number of hydrogen-bond donors (Lipinski definition) is 1. The summed E-state index contributed by atoms with van der Waals surface area (Å²) in [6.07, 6.45) is 13.6. The second-order valence-corrected chi connectivity index (χ2v) is 11.2. The Labute approximate surface area is 262 Å². The molecule has 9 nitrogen and oxygen atoms in total. The van der Waals surface area contributed by atoms with Gasteiger partial charge in [0.25, 0.3) is 0 Å². The Morgan fingerprint density at radius 3 is 2.49 bits per heavy atom. The van der Waals surface area contributed by atoms with E-state index in [1.807, 2.05) is 47.9 Å². The molecule has 0 radical (unpaired) electrons. The van der Waals surface area contributed by atoms with Crippen molar-refractivity contribution < 1.29 is 19.1 Å². The van der Waals surface area contributed by atoms with Gasteiger partial charge in [0.05, 0.1) is 35.2 Å². The number of carbonyl (C=O) groups excluding carboxylic acids is 2. The van der Waals surface area contributed by atoms with Gasteiger partial charge in [-0.15, -0.1) is 0 Å². The zero-order valence-corrected chi connectivity index (χ0v) is 25.5. The lowest BCUT2D eigenvalue weighted by Crippen LogP contribution is -2.38. The van der Waals surface area contributed by atoms with Crippen LogP contribution in [0.15, 0.2) is 90.4 Å². The summed E-state index contributed by atoms with van der Waals surface area (Å²) >= 11 is 0. The molecule has 2 aliphatic rings. The Kier molecular flexibility index (Phi) is 9.01. The van der Waals surface area contributed by atoms with Crippen molar-refractivity contribution in [3.05, 3.63) is 102 Å². The number of hydrogen-bond acceptors (Lipinski definition) is 8. The third-order valence-electron chi connectivity index (χ3n) is 8.40. The van der Waals surface area contributed by atoms with Crippen molar-refractivity contribution in [3.63, 3.8) is 0 Å². The SMILES string of the molecule is CCOC(=O)C1=C(c2ccc(-n3cnc4cnccc43)cc2)NC(C)=C(C(=O)OCC#Cc2cccnc2)C1C1CCCCC1. The van der Waals surface area contributed by atoms with Crippen molar-refractivity contribution in [2.45, 2.75) is 46.0 Å². The Hall–Kier alpha value is -5.23. The Bertz CT molecular complexity index is 1820. The Morgan fingerprint density at radius 1 is 0.956 bits per heavy atom. The smallest absolute Gasteiger partial charge is 0.337 e. The molecule has 1 aliphatic carbocycles. The molecule has 45 heavy (non-hydrogen) atoms. The molecule has 1 unspecified atom stereocenters. The summed E-state index contributed by atoms with van der Waals surface area (Å²) in [7, 11) is 0. The summed E-state index contributed by atoms with van der Waals surface area (Å²) in [5.74, 6) is 4.60. The zero-order chi connectivity index (χ0) is 31.2. The molecular weight excluding hydrogens is 566 g/mol. The highest BCUT2D eigenvalue weighted by atomic mass is 16.5. The average molecular weight is 602 g/mol. The number of carbonyl (C=O) groups is 2. The molecule has 1 atom stereocenters. The number of dihydropyridines is 1. The molecule has 0 spiro atoms. The van der Waals surface area contributed by atoms with E-state index in [1.165, 1.54) is 0 Å². The lowest BCUT2D eigenvalue weighted by molar-refractivity contribution is -0.140. The number of esters is 2. The van der Waals surface area contributed by atoms with Gasteiger partial charge in [0, 0.05) is 41.5 Å². The molecule has 3 aromatic heterocycles. The van der Waals surface area contributed by atoms with Crippen LogP contribution >= 0.6 is 0 Å². The maximum Gasteiger partial charge on any atom is 0.337 e. The predicted octanol–water partition coefficient (Wildman–Crippen LogP) is 5.76. The van der Waals surface area contributed by atoms with Crippen LogP contribution < -0.4 is 5.32 Å². The summed E-state index contributed by atoms with van der Waals surface area (Å²) in [6.45, 7) is 3.81. The molecule has 0 amide bonds. The second kappa shape index (κ2) is 13.6. The number of pyridine rings is 2. The van der Waals surface area contributed by atoms with E-state index in [1.54, 1.807) is 44.1 Å². The Balaban J connectivity index is 1.36. The first-order chi connectivity index (χ1) is 22.0. The first kappa shape index (κ1) is 29.8. The molecular formula is C36H35N5O4. The van der Waals surface area contributed by atoms with Gasteiger partial charge >= 0.3 is 11.9 Å². The fraction of sp³-hybridized carbons (Fsp3) is 0.306. The summed E-state index contributed by atoms with van der Waals surface area (Å²) in [5.41, 5.74) is 6.49. The molecule has 0 saturated heterocycles. The van der Waals surface area contributed by atoms with Crippen LogP contribution in [0.5, 0.6) is 0 Å². The quantitative estimate of drug-likeness (QED) is 0.211. The molecule has 6 rings (SSSR count). The summed E-state index contributed by atoms with van der Waals surface area (Å²) in [4.78, 5) is 40.2. The van der Waals surface area contributed by atoms with E-state index in [0.717, 1.165) is 60.0 Å². The summed E-state index contributed by atoms with van der Waals surface area (Å²) in [5, 5.41) is 3.41. The number of allylic oxidation sites excluding steroid dienone is 1. The highest BCUT2D eigenvalue weighted by Gasteiger charge is 2.42. The molecule has 228 valence electrons. The first-order valence-electron chi connectivity index (χ1n) is 15.4. The van der Waals surface area contributed by atoms with Gasteiger partial charge < -0.3 is 14.8 Å². The van der Waals surface area contributed by atoms with Crippen LogP contribution in [0.25, 0.3) is 22.4 Å². The van der Waals surface area contributed by atoms with Gasteiger partial charge in [0.15, 0.2) is 6.61 Å². The van der Waals surface area contributed by atoms with Crippen LogP contribution in [-0.4, -0.2) is 44.7 Å². The van der Waals surface area contributed by atoms with Gasteiger partial charge in [-0.05, 0) is 68.5 Å². The normalized spacial score (nSPS) is 17.0. The lowest BCUT2D eigenvalue weighted by atomic mass is 9.70. The number of ether oxygens (including phenoxy) is 2. The molecule has 1 N–H and O–H groups in total. The lowest BCUT2D eigenvalue weighted by Gasteiger charge is -2.37. The first-order valence-corrected chi connectivity index (χ1v) is 15.4. The fourth-order valence-electron chi connectivity index (χ4n) is 6.35. The van der Waals surface area contributed by atoms with Gasteiger partial charge in [0.1, 0.15) is 11.8 Å². The van der Waals surface area contributed by atoms with Crippen LogP contribution in [0.1, 0.15) is 57.1 Å². The molecule has 1 fully saturated rings. The second-order valence-electron chi connectivity index (χ2n) is 11.2. The number of nitrogens with zero attached hydrogens (tertiary/aromatic N) is 4. The summed E-state index contributed by atoms with van der Waals surface area (Å²) < 4.78 is 13.3. The molecule has 4 heterocycles. The highest BCUT2D eigenvalue weighted by Crippen LogP contribution is 2.44. The van der Waals surface area contributed by atoms with Crippen molar-refractivity contribution in [1.82, 2.24) is 24.8 Å². The molecule has 9 heteroatoms. The van der Waals surface area contributed by atoms with E-state index in [2.05, 4.69) is 32.1 Å². The van der Waals surface area contributed by atoms with E-state index >= 15 is 0 Å². The predicted molar refractivity (Wildman–Crippen MR) is 170 cm³/mol. The summed E-state index contributed by atoms with van der Waals surface area (Å²) in [6, 6.07) is 13.5. The van der Waals surface area contributed by atoms with Gasteiger partial charge in [0.2, 0.25) is 0 Å². The number of fused-ring (bicyclic) bond motifs is 1. The van der Waals surface area contributed by atoms with Crippen LogP contribution in [0.3, 0.4) is 0 Å². The van der Waals surface area contributed by atoms with Gasteiger partial charge in [-0.25, -0.2) is 14.6 Å². The average Bonchev–Trinajstić information content (AvgIpc) is 3.51. The molecule has 1 saturated carbocycles. The molecule has 1 aliphatic heterocycles. The number of aromatic nitrogens is 4. The number of imidazole rings is 1. The van der Waals surface area contributed by atoms with Gasteiger partial charge in [-0.1, -0.05) is 43.2 Å². The maximum absolute atomic E-state index is 13.8. The van der Waals surface area contributed by atoms with Crippen LogP contribution in [-0.2, 0) is 19.1 Å². The highest BCUT2D eigenvalue weighted by molar-refractivity contribution is 6.03. The molecule has 4 aromatic rings. The van der Waals surface area contributed by atoms with E-state index in [4.69, 9.17) is 9.47 Å². The van der Waals surface area contributed by atoms with Crippen molar-refractivity contribution in [1.29, 1.82) is 0 Å². The van der Waals surface area contributed by atoms with Crippen molar-refractivity contribution in [2.75, 3.05) is 13.2 Å². The van der Waals surface area contributed by atoms with E-state index in [9.17, 15) is 9.59 Å². The topological polar surface area (TPSA) is 108 Å². The van der Waals surface area contributed by atoms with Crippen molar-refractivity contribution in [2.24, 2.45) is 11.8 Å². The minimum Gasteiger partial charge on any atom is -0.463 e. The number of rotatable bonds is 7. The van der Waals surface area contributed by atoms with E-state index in [0.29, 0.717) is 22.5 Å². The van der Waals surface area contributed by atoms with Crippen LogP contribution in [0.4, 0.5) is 0 Å². The standard InChI is InChI=1S/C36H35N5O4/c1-3-44-36(43)33-32(26-11-5-4-6-12-26)31(35(42)45-20-8-10-25-9-7-18-37-21-25)24(2)40-34(33)27-13-15-28(16-14-27)41-23-39-29-22-38-19-17-30(29)41/h7,9,13-19,21-23,26,32,40H,3-6,11-12,20H2,1-2H3. The van der Waals surface area contributed by atoms with Crippen LogP contribution in [0.2, 0.25) is 0 Å². The van der Waals surface area contributed by atoms with Gasteiger partial charge in [-0.2, -0.15) is 0 Å². The third kappa shape index (κ3) is 6.36. The zero-order valence-electron chi connectivity index (χ0n) is 25.5. The fourth-order valence-corrected chi connectivity index (χ4v) is 6.35. The third-order valence-corrected chi connectivity index (χ3v) is 8.40. The number of nitrogens with one attached hydrogen (secondary N) is 1. The van der Waals surface area contributed by atoms with Crippen molar-refractivity contribution >= 4 is 28.7 Å². The van der Waals surface area contributed by atoms with E-state index < -0.39 is 17.9 Å². The van der Waals surface area contributed by atoms with E-state index in [-0.39, 0.29) is 19.1 Å². The molecule has 1 aromatic carbocycles. The minimum absolute atomic E-state index is 0.0757. The largest absolute Gasteiger partial charge is 0.463 e. The number of benzene rings is 1. The maximum atomic E-state index is 13.8.